The number of amides is 1. The molecule has 0 bridgehead atoms. The van der Waals surface area contributed by atoms with Gasteiger partial charge in [-0.05, 0) is 55.8 Å². The lowest BCUT2D eigenvalue weighted by Crippen LogP contribution is -2.40. The zero-order valence-electron chi connectivity index (χ0n) is 18.6. The van der Waals surface area contributed by atoms with E-state index in [2.05, 4.69) is 10.5 Å². The first kappa shape index (κ1) is 26.1. The Morgan fingerprint density at radius 1 is 1.09 bits per heavy atom. The molecule has 0 aliphatic rings. The van der Waals surface area contributed by atoms with Crippen molar-refractivity contribution in [2.45, 2.75) is 18.7 Å². The highest BCUT2D eigenvalue weighted by atomic mass is 35.5. The second-order valence-electron chi connectivity index (χ2n) is 7.51. The van der Waals surface area contributed by atoms with Crippen molar-refractivity contribution in [3.05, 3.63) is 97.5 Å². The van der Waals surface area contributed by atoms with Crippen LogP contribution in [0.4, 0.5) is 11.4 Å². The molecule has 35 heavy (non-hydrogen) atoms. The number of rotatable bonds is 8. The molecule has 0 radical (unpaired) electrons. The van der Waals surface area contributed by atoms with E-state index in [4.69, 9.17) is 23.2 Å². The molecule has 0 aliphatic heterocycles. The number of hydrazone groups is 1. The maximum Gasteiger partial charge on any atom is 0.270 e. The maximum atomic E-state index is 13.5. The van der Waals surface area contributed by atoms with Gasteiger partial charge >= 0.3 is 0 Å². The summed E-state index contributed by atoms with van der Waals surface area (Å²) in [5.74, 6) is -0.743. The number of non-ortho nitro benzene ring substituents is 1. The number of halogens is 2. The number of anilines is 1. The average molecular weight is 535 g/mol. The molecule has 0 aliphatic carbocycles. The number of carbonyl (C=O) groups excluding carboxylic acids is 1. The summed E-state index contributed by atoms with van der Waals surface area (Å²) in [6.45, 7) is 2.93. The molecule has 9 nitrogen and oxygen atoms in total. The van der Waals surface area contributed by atoms with Gasteiger partial charge in [-0.3, -0.25) is 19.2 Å². The molecule has 1 amide bonds. The largest absolute Gasteiger partial charge is 0.271 e. The van der Waals surface area contributed by atoms with Crippen molar-refractivity contribution in [2.75, 3.05) is 10.8 Å². The van der Waals surface area contributed by atoms with Crippen LogP contribution < -0.4 is 9.73 Å². The van der Waals surface area contributed by atoms with E-state index in [9.17, 15) is 23.3 Å². The van der Waals surface area contributed by atoms with Crippen LogP contribution in [0.2, 0.25) is 10.0 Å². The lowest BCUT2D eigenvalue weighted by Gasteiger charge is -2.25. The monoisotopic (exact) mass is 534 g/mol. The van der Waals surface area contributed by atoms with E-state index in [0.29, 0.717) is 10.6 Å². The van der Waals surface area contributed by atoms with Gasteiger partial charge in [0.15, 0.2) is 0 Å². The van der Waals surface area contributed by atoms with Crippen LogP contribution in [-0.2, 0) is 14.8 Å². The molecule has 0 spiro atoms. The van der Waals surface area contributed by atoms with Gasteiger partial charge in [0.25, 0.3) is 21.6 Å². The maximum absolute atomic E-state index is 13.5. The molecule has 182 valence electrons. The van der Waals surface area contributed by atoms with E-state index in [1.807, 2.05) is 6.92 Å². The van der Waals surface area contributed by atoms with E-state index in [1.54, 1.807) is 25.1 Å². The van der Waals surface area contributed by atoms with Crippen LogP contribution >= 0.6 is 23.2 Å². The highest BCUT2D eigenvalue weighted by Crippen LogP contribution is 2.29. The lowest BCUT2D eigenvalue weighted by atomic mass is 10.2. The number of carbonyl (C=O) groups is 1. The second kappa shape index (κ2) is 10.9. The molecule has 0 aromatic heterocycles. The number of aryl methyl sites for hydroxylation is 2. The number of sulfonamides is 1. The van der Waals surface area contributed by atoms with Crippen LogP contribution in [0.25, 0.3) is 0 Å². The fourth-order valence-electron chi connectivity index (χ4n) is 3.12. The quantitative estimate of drug-likeness (QED) is 0.251. The van der Waals surface area contributed by atoms with Crippen LogP contribution in [0.15, 0.2) is 70.7 Å². The van der Waals surface area contributed by atoms with Crippen LogP contribution in [0.3, 0.4) is 0 Å². The standard InChI is InChI=1S/C23H20Cl2N4O5S/c1-15-3-7-20(8-4-15)35(33,34)28(22-10-5-18(24)11-16(22)2)14-23(30)27-26-13-17-12-19(29(31)32)6-9-21(17)25/h3-13H,14H2,1-2H3,(H,27,30)/b26-13-. The minimum Gasteiger partial charge on any atom is -0.271 e. The Morgan fingerprint density at radius 3 is 2.40 bits per heavy atom. The summed E-state index contributed by atoms with van der Waals surface area (Å²) in [6.07, 6.45) is 1.14. The molecule has 0 atom stereocenters. The fourth-order valence-corrected chi connectivity index (χ4v) is 5.00. The first-order chi connectivity index (χ1) is 16.5. The van der Waals surface area contributed by atoms with E-state index < -0.39 is 27.4 Å². The number of nitro benzene ring substituents is 1. The SMILES string of the molecule is Cc1ccc(S(=O)(=O)N(CC(=O)N/N=C\c2cc([N+](=O)[O-])ccc2Cl)c2ccc(Cl)cc2C)cc1. The molecule has 0 saturated heterocycles. The van der Waals surface area contributed by atoms with Crippen LogP contribution in [0, 0.1) is 24.0 Å². The Kier molecular flexibility index (Phi) is 8.11. The van der Waals surface area contributed by atoms with Gasteiger partial charge in [-0.25, -0.2) is 13.8 Å². The number of hydrogen-bond donors (Lipinski definition) is 1. The van der Waals surface area contributed by atoms with Gasteiger partial charge in [0.2, 0.25) is 0 Å². The summed E-state index contributed by atoms with van der Waals surface area (Å²) < 4.78 is 27.9. The van der Waals surface area contributed by atoms with Crippen LogP contribution in [0.1, 0.15) is 16.7 Å². The van der Waals surface area contributed by atoms with Crippen molar-refractivity contribution in [3.63, 3.8) is 0 Å². The molecule has 0 fully saturated rings. The molecule has 0 unspecified atom stereocenters. The Bertz CT molecular complexity index is 1410. The highest BCUT2D eigenvalue weighted by Gasteiger charge is 2.28. The van der Waals surface area contributed by atoms with Gasteiger partial charge in [-0.2, -0.15) is 5.10 Å². The molecule has 3 aromatic carbocycles. The zero-order valence-corrected chi connectivity index (χ0v) is 20.9. The Balaban J connectivity index is 1.88. The van der Waals surface area contributed by atoms with Crippen molar-refractivity contribution in [1.82, 2.24) is 5.43 Å². The van der Waals surface area contributed by atoms with Crippen molar-refractivity contribution >= 4 is 56.7 Å². The normalized spacial score (nSPS) is 11.4. The van der Waals surface area contributed by atoms with Gasteiger partial charge in [0, 0.05) is 27.7 Å². The summed E-state index contributed by atoms with van der Waals surface area (Å²) in [6, 6.07) is 14.7. The number of nitrogens with zero attached hydrogens (tertiary/aromatic N) is 3. The Morgan fingerprint density at radius 2 is 1.77 bits per heavy atom. The van der Waals surface area contributed by atoms with Crippen molar-refractivity contribution < 1.29 is 18.1 Å². The van der Waals surface area contributed by atoms with Crippen molar-refractivity contribution in [2.24, 2.45) is 5.10 Å². The Hall–Kier alpha value is -3.47. The van der Waals surface area contributed by atoms with E-state index in [1.165, 1.54) is 42.5 Å². The third kappa shape index (κ3) is 6.36. The summed E-state index contributed by atoms with van der Waals surface area (Å²) in [5.41, 5.74) is 3.95. The second-order valence-corrected chi connectivity index (χ2v) is 10.2. The molecule has 3 aromatic rings. The van der Waals surface area contributed by atoms with Gasteiger partial charge < -0.3 is 0 Å². The van der Waals surface area contributed by atoms with Crippen molar-refractivity contribution in [3.8, 4) is 0 Å². The first-order valence-corrected chi connectivity index (χ1v) is 12.3. The lowest BCUT2D eigenvalue weighted by molar-refractivity contribution is -0.384. The molecular formula is C23H20Cl2N4O5S. The van der Waals surface area contributed by atoms with E-state index >= 15 is 0 Å². The molecule has 12 heteroatoms. The van der Waals surface area contributed by atoms with Crippen LogP contribution in [0.5, 0.6) is 0 Å². The molecule has 0 saturated carbocycles. The number of nitro groups is 1. The molecular weight excluding hydrogens is 515 g/mol. The third-order valence-electron chi connectivity index (χ3n) is 4.91. The van der Waals surface area contributed by atoms with Crippen LogP contribution in [-0.4, -0.2) is 32.0 Å². The molecule has 1 N–H and O–H groups in total. The minimum absolute atomic E-state index is 0.0112. The predicted molar refractivity (Wildman–Crippen MR) is 136 cm³/mol. The fraction of sp³-hybridized carbons (Fsp3) is 0.130. The zero-order chi connectivity index (χ0) is 25.8. The van der Waals surface area contributed by atoms with Gasteiger partial charge in [0.05, 0.1) is 21.7 Å². The smallest absolute Gasteiger partial charge is 0.270 e. The number of benzene rings is 3. The average Bonchev–Trinajstić information content (AvgIpc) is 2.79. The Labute approximate surface area is 212 Å². The van der Waals surface area contributed by atoms with E-state index in [0.717, 1.165) is 16.1 Å². The third-order valence-corrected chi connectivity index (χ3v) is 7.26. The summed E-state index contributed by atoms with van der Waals surface area (Å²) >= 11 is 12.1. The predicted octanol–water partition coefficient (Wildman–Crippen LogP) is 4.86. The topological polar surface area (TPSA) is 122 Å². The number of nitrogens with one attached hydrogen (secondary N) is 1. The first-order valence-electron chi connectivity index (χ1n) is 10.1. The van der Waals surface area contributed by atoms with Gasteiger partial charge in [0.1, 0.15) is 6.54 Å². The number of hydrogen-bond acceptors (Lipinski definition) is 6. The highest BCUT2D eigenvalue weighted by molar-refractivity contribution is 7.92. The summed E-state index contributed by atoms with van der Waals surface area (Å²) in [5, 5.41) is 15.3. The van der Waals surface area contributed by atoms with Gasteiger partial charge in [-0.1, -0.05) is 40.9 Å². The van der Waals surface area contributed by atoms with Gasteiger partial charge in [-0.15, -0.1) is 0 Å². The molecule has 3 rings (SSSR count). The summed E-state index contributed by atoms with van der Waals surface area (Å²) in [4.78, 5) is 23.1. The summed E-state index contributed by atoms with van der Waals surface area (Å²) in [7, 11) is -4.12. The minimum atomic E-state index is -4.12. The van der Waals surface area contributed by atoms with Crippen molar-refractivity contribution in [1.29, 1.82) is 0 Å². The molecule has 0 heterocycles. The van der Waals surface area contributed by atoms with E-state index in [-0.39, 0.29) is 26.9 Å².